The minimum absolute atomic E-state index is 0. The zero-order chi connectivity index (χ0) is 20.3. The average molecular weight is 415 g/mol. The highest BCUT2D eigenvalue weighted by molar-refractivity contribution is 7.59. The summed E-state index contributed by atoms with van der Waals surface area (Å²) in [4.78, 5) is 36.0. The fraction of sp³-hybridized carbons (Fsp3) is 0.150. The van der Waals surface area contributed by atoms with E-state index in [1.54, 1.807) is 24.3 Å². The Morgan fingerprint density at radius 1 is 0.966 bits per heavy atom. The van der Waals surface area contributed by atoms with E-state index in [1.807, 2.05) is 6.07 Å². The van der Waals surface area contributed by atoms with E-state index in [2.05, 4.69) is 16.0 Å². The highest BCUT2D eigenvalue weighted by atomic mass is 32.1. The Bertz CT molecular complexity index is 1080. The second-order valence-electron chi connectivity index (χ2n) is 6.29. The number of anilines is 4. The van der Waals surface area contributed by atoms with E-state index in [0.717, 1.165) is 0 Å². The first-order valence-corrected chi connectivity index (χ1v) is 8.59. The van der Waals surface area contributed by atoms with Gasteiger partial charge < -0.3 is 26.2 Å². The number of rotatable bonds is 7. The Kier molecular flexibility index (Phi) is 7.03. The maximum atomic E-state index is 12.2. The number of carbonyl (C=O) groups is 1. The molecule has 0 fully saturated rings. The van der Waals surface area contributed by atoms with Crippen molar-refractivity contribution in [1.82, 2.24) is 5.32 Å². The fourth-order valence-corrected chi connectivity index (χ4v) is 2.59. The van der Waals surface area contributed by atoms with Crippen LogP contribution < -0.4 is 26.8 Å². The van der Waals surface area contributed by atoms with Crippen LogP contribution >= 0.6 is 13.5 Å². The molecule has 3 aromatic carbocycles. The lowest BCUT2D eigenvalue weighted by Crippen LogP contribution is -2.35. The molecule has 8 nitrogen and oxygen atoms in total. The van der Waals surface area contributed by atoms with Gasteiger partial charge in [0.2, 0.25) is 0 Å². The number of amides is 1. The minimum atomic E-state index is -0.734. The van der Waals surface area contributed by atoms with Crippen LogP contribution in [0, 0.1) is 0 Å². The third kappa shape index (κ3) is 4.76. The van der Waals surface area contributed by atoms with E-state index in [0.29, 0.717) is 5.69 Å². The van der Waals surface area contributed by atoms with Crippen LogP contribution in [0.25, 0.3) is 0 Å². The Balaban J connectivity index is 0.00000300. The van der Waals surface area contributed by atoms with Gasteiger partial charge in [0.25, 0.3) is 16.8 Å². The van der Waals surface area contributed by atoms with Gasteiger partial charge in [-0.15, -0.1) is 0 Å². The molecule has 0 aliphatic rings. The summed E-state index contributed by atoms with van der Waals surface area (Å²) in [7, 11) is 0. The van der Waals surface area contributed by atoms with Gasteiger partial charge in [-0.1, -0.05) is 24.3 Å². The van der Waals surface area contributed by atoms with Gasteiger partial charge >= 0.3 is 0 Å². The third-order valence-electron chi connectivity index (χ3n) is 4.05. The molecule has 0 aliphatic heterocycles. The second kappa shape index (κ2) is 9.26. The van der Waals surface area contributed by atoms with E-state index in [1.165, 1.54) is 25.1 Å². The lowest BCUT2D eigenvalue weighted by molar-refractivity contribution is 0.0921. The summed E-state index contributed by atoms with van der Waals surface area (Å²) in [5.74, 6) is -0.945. The Morgan fingerprint density at radius 3 is 2.21 bits per heavy atom. The minimum Gasteiger partial charge on any atom is -0.505 e. The van der Waals surface area contributed by atoms with Gasteiger partial charge in [-0.2, -0.15) is 13.5 Å². The van der Waals surface area contributed by atoms with Crippen molar-refractivity contribution in [1.29, 1.82) is 0 Å². The number of aromatic hydroxyl groups is 1. The van der Waals surface area contributed by atoms with Crippen molar-refractivity contribution < 1.29 is 15.0 Å². The van der Waals surface area contributed by atoms with E-state index in [9.17, 15) is 24.6 Å². The van der Waals surface area contributed by atoms with Gasteiger partial charge in [0, 0.05) is 12.2 Å². The molecule has 0 radical (unpaired) electrons. The van der Waals surface area contributed by atoms with Gasteiger partial charge in [0.1, 0.15) is 11.4 Å². The van der Waals surface area contributed by atoms with Crippen LogP contribution in [0.2, 0.25) is 0 Å². The highest BCUT2D eigenvalue weighted by Crippen LogP contribution is 2.32. The molecule has 1 amide bonds. The van der Waals surface area contributed by atoms with Crippen molar-refractivity contribution in [2.45, 2.75) is 13.0 Å². The topological polar surface area (TPSA) is 128 Å². The van der Waals surface area contributed by atoms with Gasteiger partial charge in [0.05, 0.1) is 17.4 Å². The summed E-state index contributed by atoms with van der Waals surface area (Å²) >= 11 is 0. The number of phenolic OH excluding ortho intramolecular Hbond substituents is 1. The molecule has 3 aromatic rings. The summed E-state index contributed by atoms with van der Waals surface area (Å²) in [6.07, 6.45) is -0.734. The molecule has 0 aliphatic carbocycles. The molecular weight excluding hydrogens is 394 g/mol. The first kappa shape index (κ1) is 22.0. The number of para-hydroxylation sites is 2. The molecule has 0 saturated carbocycles. The lowest BCUT2D eigenvalue weighted by atomic mass is 10.1. The zero-order valence-corrected chi connectivity index (χ0v) is 16.5. The van der Waals surface area contributed by atoms with Crippen molar-refractivity contribution in [2.24, 2.45) is 0 Å². The van der Waals surface area contributed by atoms with E-state index in [-0.39, 0.29) is 48.4 Å². The van der Waals surface area contributed by atoms with E-state index < -0.39 is 22.9 Å². The number of carbonyl (C=O) groups excluding carboxylic acids is 1. The number of hydrogen-bond donors (Lipinski definition) is 5. The summed E-state index contributed by atoms with van der Waals surface area (Å²) in [5, 5.41) is 27.7. The molecule has 5 N–H and O–H groups in total. The Hall–Kier alpha value is -3.30. The van der Waals surface area contributed by atoms with Gasteiger partial charge in [-0.25, -0.2) is 0 Å². The zero-order valence-electron chi connectivity index (χ0n) is 15.5. The van der Waals surface area contributed by atoms with Crippen LogP contribution in [0.4, 0.5) is 22.7 Å². The van der Waals surface area contributed by atoms with Crippen LogP contribution in [0.5, 0.6) is 5.75 Å². The fourth-order valence-electron chi connectivity index (χ4n) is 2.59. The summed E-state index contributed by atoms with van der Waals surface area (Å²) in [6, 6.07) is 13.3. The maximum absolute atomic E-state index is 12.2. The predicted molar refractivity (Wildman–Crippen MR) is 117 cm³/mol. The number of aliphatic hydroxyl groups excluding tert-OH is 1. The van der Waals surface area contributed by atoms with Gasteiger partial charge in [-0.3, -0.25) is 14.4 Å². The molecule has 3 rings (SSSR count). The molecule has 0 unspecified atom stereocenters. The Morgan fingerprint density at radius 2 is 1.59 bits per heavy atom. The molecule has 152 valence electrons. The maximum Gasteiger partial charge on any atom is 0.255 e. The van der Waals surface area contributed by atoms with Crippen molar-refractivity contribution in [2.75, 3.05) is 17.2 Å². The van der Waals surface area contributed by atoms with Crippen LogP contribution in [-0.4, -0.2) is 28.8 Å². The molecule has 0 heterocycles. The molecule has 9 heteroatoms. The Labute approximate surface area is 173 Å². The van der Waals surface area contributed by atoms with Crippen molar-refractivity contribution in [3.63, 3.8) is 0 Å². The summed E-state index contributed by atoms with van der Waals surface area (Å²) < 4.78 is 0. The molecule has 29 heavy (non-hydrogen) atoms. The number of nitrogens with one attached hydrogen (secondary N) is 3. The average Bonchev–Trinajstić information content (AvgIpc) is 2.70. The quantitative estimate of drug-likeness (QED) is 0.293. The second-order valence-corrected chi connectivity index (χ2v) is 6.29. The number of hydrogen-bond acceptors (Lipinski definition) is 7. The van der Waals surface area contributed by atoms with Gasteiger partial charge in [0.15, 0.2) is 5.75 Å². The highest BCUT2D eigenvalue weighted by Gasteiger charge is 2.23. The van der Waals surface area contributed by atoms with Crippen LogP contribution in [0.1, 0.15) is 17.3 Å². The summed E-state index contributed by atoms with van der Waals surface area (Å²) in [6.45, 7) is 1.55. The standard InChI is InChI=1S/C20H19N3O5.H2S/c1-11(24)10-21-20(28)13-8-5-9-14(17(13)25)23-16-15(18(26)19(16)27)22-12-6-3-2-4-7-12;/h2-9,11,22-25H,10H2,1H3,(H,21,28);1H2/t11-;/m0./s1. The SMILES string of the molecule is C[C@H](O)CNC(=O)c1cccc(Nc2c(Nc3ccccc3)c(=O)c2=O)c1O.S. The molecule has 1 atom stereocenters. The largest absolute Gasteiger partial charge is 0.505 e. The lowest BCUT2D eigenvalue weighted by Gasteiger charge is -2.17. The van der Waals surface area contributed by atoms with E-state index in [4.69, 9.17) is 0 Å². The van der Waals surface area contributed by atoms with Crippen LogP contribution in [-0.2, 0) is 0 Å². The number of phenols is 1. The van der Waals surface area contributed by atoms with Crippen molar-refractivity contribution in [3.05, 3.63) is 74.5 Å². The first-order valence-electron chi connectivity index (χ1n) is 8.59. The number of benzene rings is 2. The van der Waals surface area contributed by atoms with Gasteiger partial charge in [-0.05, 0) is 31.2 Å². The third-order valence-corrected chi connectivity index (χ3v) is 4.05. The molecular formula is C20H21N3O5S. The van der Waals surface area contributed by atoms with Crippen molar-refractivity contribution >= 4 is 42.2 Å². The van der Waals surface area contributed by atoms with Crippen molar-refractivity contribution in [3.8, 4) is 5.75 Å². The first-order chi connectivity index (χ1) is 13.4. The smallest absolute Gasteiger partial charge is 0.255 e. The van der Waals surface area contributed by atoms with E-state index >= 15 is 0 Å². The predicted octanol–water partition coefficient (Wildman–Crippen LogP) is 1.70. The van der Waals surface area contributed by atoms with Crippen LogP contribution in [0.3, 0.4) is 0 Å². The molecule has 0 spiro atoms. The molecule has 0 aromatic heterocycles. The molecule has 0 bridgehead atoms. The monoisotopic (exact) mass is 415 g/mol. The van der Waals surface area contributed by atoms with Crippen LogP contribution in [0.15, 0.2) is 58.1 Å². The number of aliphatic hydroxyl groups is 1. The summed E-state index contributed by atoms with van der Waals surface area (Å²) in [5.41, 5.74) is -0.591. The molecule has 0 saturated heterocycles. The normalized spacial score (nSPS) is 11.4.